The highest BCUT2D eigenvalue weighted by atomic mass is 32.7. The SMILES string of the molecule is CCOP(=O)(OCC)SCCC(C)(C)C. The van der Waals surface area contributed by atoms with Crippen LogP contribution in [-0.4, -0.2) is 19.0 Å². The van der Waals surface area contributed by atoms with Crippen molar-refractivity contribution in [3.63, 3.8) is 0 Å². The Labute approximate surface area is 97.6 Å². The number of hydrogen-bond acceptors (Lipinski definition) is 4. The molecule has 0 spiro atoms. The molecule has 0 radical (unpaired) electrons. The fraction of sp³-hybridized carbons (Fsp3) is 1.00. The van der Waals surface area contributed by atoms with Crippen molar-refractivity contribution >= 4 is 18.2 Å². The summed E-state index contributed by atoms with van der Waals surface area (Å²) < 4.78 is 22.4. The third-order valence-electron chi connectivity index (χ3n) is 1.68. The molecule has 0 aliphatic rings. The van der Waals surface area contributed by atoms with Crippen LogP contribution in [0.5, 0.6) is 0 Å². The van der Waals surface area contributed by atoms with Gasteiger partial charge in [0.05, 0.1) is 13.2 Å². The summed E-state index contributed by atoms with van der Waals surface area (Å²) in [7, 11) is 0. The van der Waals surface area contributed by atoms with Gasteiger partial charge < -0.3 is 9.05 Å². The number of rotatable bonds is 7. The van der Waals surface area contributed by atoms with Crippen molar-refractivity contribution < 1.29 is 13.6 Å². The molecule has 0 aromatic carbocycles. The second kappa shape index (κ2) is 6.95. The standard InChI is InChI=1S/C10H23O3PS/c1-6-12-14(11,13-7-2)15-9-8-10(3,4)5/h6-9H2,1-5H3. The van der Waals surface area contributed by atoms with Gasteiger partial charge in [0.2, 0.25) is 0 Å². The van der Waals surface area contributed by atoms with Crippen molar-refractivity contribution in [1.29, 1.82) is 0 Å². The van der Waals surface area contributed by atoms with Crippen LogP contribution in [0.15, 0.2) is 0 Å². The lowest BCUT2D eigenvalue weighted by Gasteiger charge is -2.20. The molecule has 0 atom stereocenters. The Kier molecular flexibility index (Phi) is 7.18. The molecule has 0 amide bonds. The van der Waals surface area contributed by atoms with E-state index in [-0.39, 0.29) is 5.41 Å². The molecule has 0 saturated heterocycles. The van der Waals surface area contributed by atoms with E-state index in [2.05, 4.69) is 20.8 Å². The second-order valence-corrected chi connectivity index (χ2v) is 8.62. The zero-order valence-electron chi connectivity index (χ0n) is 10.4. The first-order chi connectivity index (χ1) is 6.83. The lowest BCUT2D eigenvalue weighted by molar-refractivity contribution is 0.237. The van der Waals surface area contributed by atoms with Crippen LogP contribution >= 0.6 is 18.2 Å². The molecule has 15 heavy (non-hydrogen) atoms. The maximum atomic E-state index is 12.0. The van der Waals surface area contributed by atoms with E-state index in [9.17, 15) is 4.57 Å². The normalized spacial score (nSPS) is 13.1. The number of hydrogen-bond donors (Lipinski definition) is 0. The van der Waals surface area contributed by atoms with Crippen LogP contribution in [0.2, 0.25) is 0 Å². The van der Waals surface area contributed by atoms with E-state index in [0.29, 0.717) is 13.2 Å². The van der Waals surface area contributed by atoms with Gasteiger partial charge in [0.1, 0.15) is 0 Å². The van der Waals surface area contributed by atoms with Crippen LogP contribution in [0.1, 0.15) is 41.0 Å². The molecular formula is C10H23O3PS. The predicted octanol–water partition coefficient (Wildman–Crippen LogP) is 4.34. The molecule has 5 heteroatoms. The van der Waals surface area contributed by atoms with E-state index >= 15 is 0 Å². The minimum Gasteiger partial charge on any atom is -0.301 e. The molecule has 0 rings (SSSR count). The fourth-order valence-corrected chi connectivity index (χ4v) is 4.70. The Morgan fingerprint density at radius 3 is 1.93 bits per heavy atom. The highest BCUT2D eigenvalue weighted by Crippen LogP contribution is 2.60. The second-order valence-electron chi connectivity index (χ2n) is 4.43. The summed E-state index contributed by atoms with van der Waals surface area (Å²) >= 11 is 1.31. The van der Waals surface area contributed by atoms with Crippen molar-refractivity contribution in [2.24, 2.45) is 5.41 Å². The minimum atomic E-state index is -2.89. The summed E-state index contributed by atoms with van der Waals surface area (Å²) in [5.41, 5.74) is 0.260. The summed E-state index contributed by atoms with van der Waals surface area (Å²) in [5, 5.41) is 0. The van der Waals surface area contributed by atoms with Crippen molar-refractivity contribution in [1.82, 2.24) is 0 Å². The van der Waals surface area contributed by atoms with Gasteiger partial charge in [0.15, 0.2) is 0 Å². The lowest BCUT2D eigenvalue weighted by Crippen LogP contribution is -2.06. The van der Waals surface area contributed by atoms with E-state index in [0.717, 1.165) is 12.2 Å². The topological polar surface area (TPSA) is 35.5 Å². The van der Waals surface area contributed by atoms with Crippen molar-refractivity contribution in [2.75, 3.05) is 19.0 Å². The first kappa shape index (κ1) is 15.5. The first-order valence-electron chi connectivity index (χ1n) is 5.36. The van der Waals surface area contributed by atoms with Gasteiger partial charge in [0, 0.05) is 5.75 Å². The minimum absolute atomic E-state index is 0.260. The lowest BCUT2D eigenvalue weighted by atomic mass is 9.94. The predicted molar refractivity (Wildman–Crippen MR) is 67.4 cm³/mol. The maximum absolute atomic E-state index is 12.0. The van der Waals surface area contributed by atoms with Crippen LogP contribution in [0.25, 0.3) is 0 Å². The molecular weight excluding hydrogens is 231 g/mol. The van der Waals surface area contributed by atoms with Gasteiger partial charge in [-0.05, 0) is 37.1 Å². The summed E-state index contributed by atoms with van der Waals surface area (Å²) in [6, 6.07) is 0. The van der Waals surface area contributed by atoms with Crippen LogP contribution in [0.3, 0.4) is 0 Å². The maximum Gasteiger partial charge on any atom is 0.389 e. The summed E-state index contributed by atoms with van der Waals surface area (Å²) in [5.74, 6) is 0.806. The van der Waals surface area contributed by atoms with Gasteiger partial charge in [-0.15, -0.1) is 0 Å². The Bertz CT molecular complexity index is 203. The summed E-state index contributed by atoms with van der Waals surface area (Å²) in [6.45, 7) is 8.13. The van der Waals surface area contributed by atoms with Crippen molar-refractivity contribution in [3.05, 3.63) is 0 Å². The smallest absolute Gasteiger partial charge is 0.301 e. The van der Waals surface area contributed by atoms with E-state index in [1.807, 2.05) is 13.8 Å². The third-order valence-corrected chi connectivity index (χ3v) is 5.66. The van der Waals surface area contributed by atoms with E-state index in [1.165, 1.54) is 11.4 Å². The molecule has 0 heterocycles. The Morgan fingerprint density at radius 2 is 1.60 bits per heavy atom. The Hall–Kier alpha value is 0.500. The molecule has 3 nitrogen and oxygen atoms in total. The zero-order valence-corrected chi connectivity index (χ0v) is 12.1. The molecule has 0 aromatic heterocycles. The molecule has 0 aromatic rings. The first-order valence-corrected chi connectivity index (χ1v) is 8.50. The zero-order chi connectivity index (χ0) is 11.9. The molecule has 0 fully saturated rings. The molecule has 0 aliphatic heterocycles. The average Bonchev–Trinajstić information content (AvgIpc) is 2.01. The molecule has 0 unspecified atom stereocenters. The summed E-state index contributed by atoms with van der Waals surface area (Å²) in [6.07, 6.45) is 1.00. The quantitative estimate of drug-likeness (QED) is 0.633. The third kappa shape index (κ3) is 8.32. The van der Waals surface area contributed by atoms with Crippen LogP contribution in [0.4, 0.5) is 0 Å². The highest BCUT2D eigenvalue weighted by Gasteiger charge is 2.25. The molecule has 92 valence electrons. The summed E-state index contributed by atoms with van der Waals surface area (Å²) in [4.78, 5) is 0. The van der Waals surface area contributed by atoms with E-state index in [4.69, 9.17) is 9.05 Å². The molecule has 0 bridgehead atoms. The van der Waals surface area contributed by atoms with Gasteiger partial charge in [-0.25, -0.2) is 4.57 Å². The molecule has 0 saturated carbocycles. The van der Waals surface area contributed by atoms with Gasteiger partial charge in [0.25, 0.3) is 0 Å². The largest absolute Gasteiger partial charge is 0.389 e. The van der Waals surface area contributed by atoms with Crippen molar-refractivity contribution in [2.45, 2.75) is 41.0 Å². The highest BCUT2D eigenvalue weighted by molar-refractivity contribution is 8.55. The Morgan fingerprint density at radius 1 is 1.13 bits per heavy atom. The van der Waals surface area contributed by atoms with Gasteiger partial charge in [-0.3, -0.25) is 0 Å². The van der Waals surface area contributed by atoms with E-state index in [1.54, 1.807) is 0 Å². The van der Waals surface area contributed by atoms with Crippen LogP contribution in [0, 0.1) is 5.41 Å². The van der Waals surface area contributed by atoms with Crippen LogP contribution < -0.4 is 0 Å². The van der Waals surface area contributed by atoms with Gasteiger partial charge in [-0.1, -0.05) is 20.8 Å². The van der Waals surface area contributed by atoms with Gasteiger partial charge in [-0.2, -0.15) is 0 Å². The molecule has 0 aliphatic carbocycles. The van der Waals surface area contributed by atoms with Crippen LogP contribution in [-0.2, 0) is 13.6 Å². The van der Waals surface area contributed by atoms with E-state index < -0.39 is 6.80 Å². The monoisotopic (exact) mass is 254 g/mol. The Balaban J connectivity index is 4.02. The average molecular weight is 254 g/mol. The fourth-order valence-electron chi connectivity index (χ4n) is 0.892. The van der Waals surface area contributed by atoms with Crippen molar-refractivity contribution in [3.8, 4) is 0 Å². The van der Waals surface area contributed by atoms with Gasteiger partial charge >= 0.3 is 6.80 Å². The molecule has 0 N–H and O–H groups in total.